The number of sulfonamides is 1. The van der Waals surface area contributed by atoms with Gasteiger partial charge in [0.15, 0.2) is 17.0 Å². The number of rotatable bonds is 9. The van der Waals surface area contributed by atoms with Crippen molar-refractivity contribution in [3.05, 3.63) is 12.7 Å². The van der Waals surface area contributed by atoms with Gasteiger partial charge in [0.05, 0.1) is 24.5 Å². The van der Waals surface area contributed by atoms with Gasteiger partial charge in [-0.05, 0) is 39.5 Å². The van der Waals surface area contributed by atoms with Crippen LogP contribution in [-0.4, -0.2) is 75.5 Å². The summed E-state index contributed by atoms with van der Waals surface area (Å²) in [4.78, 5) is 39.3. The number of imidazole rings is 1. The van der Waals surface area contributed by atoms with Crippen molar-refractivity contribution in [1.29, 1.82) is 0 Å². The predicted octanol–water partition coefficient (Wildman–Crippen LogP) is 1.41. The Labute approximate surface area is 205 Å². The summed E-state index contributed by atoms with van der Waals surface area (Å²) >= 11 is 0. The first-order chi connectivity index (χ1) is 16.3. The molecule has 194 valence electrons. The van der Waals surface area contributed by atoms with E-state index in [0.717, 1.165) is 0 Å². The summed E-state index contributed by atoms with van der Waals surface area (Å²) in [5.41, 5.74) is 0.133. The van der Waals surface area contributed by atoms with Crippen LogP contribution in [0.2, 0.25) is 0 Å². The van der Waals surface area contributed by atoms with Gasteiger partial charge < -0.3 is 19.3 Å². The number of hydrogen-bond acceptors (Lipinski definition) is 9. The molecule has 12 nitrogen and oxygen atoms in total. The molecular formula is C22H34N6O6S. The summed E-state index contributed by atoms with van der Waals surface area (Å²) in [6.45, 7) is 9.67. The molecule has 2 aromatic heterocycles. The number of hydrogen-bond donors (Lipinski definition) is 2. The van der Waals surface area contributed by atoms with Crippen LogP contribution in [0, 0.1) is 11.8 Å². The van der Waals surface area contributed by atoms with Crippen LogP contribution in [0.1, 0.15) is 47.5 Å². The van der Waals surface area contributed by atoms with Crippen molar-refractivity contribution in [2.75, 3.05) is 23.7 Å². The fraction of sp³-hybridized carbons (Fsp3) is 0.682. The highest BCUT2D eigenvalue weighted by atomic mass is 32.2. The van der Waals surface area contributed by atoms with E-state index in [0.29, 0.717) is 42.9 Å². The maximum atomic E-state index is 12.9. The fourth-order valence-corrected chi connectivity index (χ4v) is 5.58. The zero-order valence-corrected chi connectivity index (χ0v) is 21.6. The van der Waals surface area contributed by atoms with Crippen molar-refractivity contribution < 1.29 is 27.9 Å². The lowest BCUT2D eigenvalue weighted by Crippen LogP contribution is -2.47. The first-order valence-corrected chi connectivity index (χ1v) is 13.3. The van der Waals surface area contributed by atoms with E-state index in [4.69, 9.17) is 4.74 Å². The number of carboxylic acid groups (broad SMARTS) is 1. The van der Waals surface area contributed by atoms with Crippen molar-refractivity contribution >= 4 is 38.9 Å². The van der Waals surface area contributed by atoms with Crippen LogP contribution >= 0.6 is 0 Å². The van der Waals surface area contributed by atoms with E-state index in [1.54, 1.807) is 39.2 Å². The van der Waals surface area contributed by atoms with Crippen LogP contribution in [0.4, 0.5) is 5.82 Å². The van der Waals surface area contributed by atoms with Gasteiger partial charge in [-0.25, -0.2) is 23.4 Å². The van der Waals surface area contributed by atoms with E-state index in [9.17, 15) is 23.1 Å². The van der Waals surface area contributed by atoms with E-state index < -0.39 is 33.6 Å². The molecule has 0 aromatic carbocycles. The van der Waals surface area contributed by atoms with Crippen LogP contribution in [0.3, 0.4) is 0 Å². The van der Waals surface area contributed by atoms with Gasteiger partial charge in [-0.3, -0.25) is 9.59 Å². The molecule has 1 aliphatic rings. The maximum absolute atomic E-state index is 12.9. The van der Waals surface area contributed by atoms with Crippen LogP contribution < -0.4 is 9.62 Å². The molecule has 1 aliphatic heterocycles. The normalized spacial score (nSPS) is 16.6. The third-order valence-electron chi connectivity index (χ3n) is 5.47. The van der Waals surface area contributed by atoms with Crippen LogP contribution in [-0.2, 0) is 30.9 Å². The number of aromatic nitrogens is 4. The molecule has 1 unspecified atom stereocenters. The van der Waals surface area contributed by atoms with Crippen molar-refractivity contribution in [2.45, 2.75) is 65.6 Å². The largest absolute Gasteiger partial charge is 0.481 e. The summed E-state index contributed by atoms with van der Waals surface area (Å²) in [7, 11) is -3.75. The van der Waals surface area contributed by atoms with E-state index >= 15 is 0 Å². The molecule has 3 heterocycles. The fourth-order valence-electron chi connectivity index (χ4n) is 4.00. The average molecular weight is 511 g/mol. The lowest BCUT2D eigenvalue weighted by atomic mass is 9.97. The number of aliphatic carboxylic acids is 1. The van der Waals surface area contributed by atoms with Crippen LogP contribution in [0.15, 0.2) is 12.7 Å². The second-order valence-corrected chi connectivity index (χ2v) is 12.0. The molecule has 1 fully saturated rings. The second kappa shape index (κ2) is 10.4. The SMILES string of the molecule is CC(C)CS(=O)(=O)NC(Cn1cnc2c(N3CCC(C(=O)O)CC3)ncnc21)C(=O)OC(C)(C)C. The first-order valence-electron chi connectivity index (χ1n) is 11.6. The predicted molar refractivity (Wildman–Crippen MR) is 129 cm³/mol. The quantitative estimate of drug-likeness (QED) is 0.473. The lowest BCUT2D eigenvalue weighted by Gasteiger charge is -2.30. The number of esters is 1. The minimum atomic E-state index is -3.75. The number of ether oxygens (including phenoxy) is 1. The Balaban J connectivity index is 1.87. The first kappa shape index (κ1) is 26.8. The molecule has 13 heteroatoms. The molecule has 1 saturated heterocycles. The Morgan fingerprint density at radius 3 is 2.43 bits per heavy atom. The molecule has 2 N–H and O–H groups in total. The number of nitrogens with one attached hydrogen (secondary N) is 1. The van der Waals surface area contributed by atoms with Crippen molar-refractivity contribution in [2.24, 2.45) is 11.8 Å². The monoisotopic (exact) mass is 510 g/mol. The van der Waals surface area contributed by atoms with E-state index in [1.165, 1.54) is 12.7 Å². The zero-order valence-electron chi connectivity index (χ0n) is 20.8. The van der Waals surface area contributed by atoms with Crippen LogP contribution in [0.5, 0.6) is 0 Å². The number of carbonyl (C=O) groups excluding carboxylic acids is 1. The molecule has 2 aromatic rings. The van der Waals surface area contributed by atoms with E-state index in [2.05, 4.69) is 19.7 Å². The molecule has 0 spiro atoms. The lowest BCUT2D eigenvalue weighted by molar-refractivity contribution is -0.157. The highest BCUT2D eigenvalue weighted by molar-refractivity contribution is 7.89. The summed E-state index contributed by atoms with van der Waals surface area (Å²) in [5, 5.41) is 9.25. The average Bonchev–Trinajstić information content (AvgIpc) is 3.14. The summed E-state index contributed by atoms with van der Waals surface area (Å²) in [6, 6.07) is -1.18. The van der Waals surface area contributed by atoms with Gasteiger partial charge in [0, 0.05) is 13.1 Å². The Bertz CT molecular complexity index is 1160. The molecule has 0 bridgehead atoms. The molecule has 0 radical (unpaired) electrons. The summed E-state index contributed by atoms with van der Waals surface area (Å²) in [6.07, 6.45) is 3.87. The number of carbonyl (C=O) groups is 2. The molecular weight excluding hydrogens is 476 g/mol. The highest BCUT2D eigenvalue weighted by Crippen LogP contribution is 2.27. The Hall–Kier alpha value is -2.80. The number of nitrogens with zero attached hydrogens (tertiary/aromatic N) is 5. The van der Waals surface area contributed by atoms with Crippen molar-refractivity contribution in [3.63, 3.8) is 0 Å². The van der Waals surface area contributed by atoms with Crippen molar-refractivity contribution in [1.82, 2.24) is 24.2 Å². The Kier molecular flexibility index (Phi) is 8.00. The molecule has 1 atom stereocenters. The third-order valence-corrected chi connectivity index (χ3v) is 7.22. The number of anilines is 1. The van der Waals surface area contributed by atoms with Crippen LogP contribution in [0.25, 0.3) is 11.2 Å². The molecule has 0 amide bonds. The number of fused-ring (bicyclic) bond motifs is 1. The summed E-state index contributed by atoms with van der Waals surface area (Å²) < 4.78 is 34.8. The second-order valence-electron chi connectivity index (χ2n) is 10.2. The molecule has 35 heavy (non-hydrogen) atoms. The van der Waals surface area contributed by atoms with Gasteiger partial charge in [0.2, 0.25) is 10.0 Å². The van der Waals surface area contributed by atoms with Gasteiger partial charge in [-0.1, -0.05) is 13.8 Å². The van der Waals surface area contributed by atoms with Crippen molar-refractivity contribution in [3.8, 4) is 0 Å². The topological polar surface area (TPSA) is 157 Å². The molecule has 0 aliphatic carbocycles. The third kappa shape index (κ3) is 7.10. The van der Waals surface area contributed by atoms with E-state index in [1.807, 2.05) is 4.90 Å². The summed E-state index contributed by atoms with van der Waals surface area (Å²) in [5.74, 6) is -1.55. The van der Waals surface area contributed by atoms with Gasteiger partial charge in [0.1, 0.15) is 18.0 Å². The highest BCUT2D eigenvalue weighted by Gasteiger charge is 2.31. The number of carboxylic acids is 1. The molecule has 3 rings (SSSR count). The molecule has 0 saturated carbocycles. The van der Waals surface area contributed by atoms with Gasteiger partial charge >= 0.3 is 11.9 Å². The zero-order chi connectivity index (χ0) is 26.0. The maximum Gasteiger partial charge on any atom is 0.326 e. The van der Waals surface area contributed by atoms with Gasteiger partial charge in [-0.15, -0.1) is 0 Å². The minimum Gasteiger partial charge on any atom is -0.481 e. The minimum absolute atomic E-state index is 0.0692. The van der Waals surface area contributed by atoms with E-state index in [-0.39, 0.29) is 24.1 Å². The smallest absolute Gasteiger partial charge is 0.326 e. The Morgan fingerprint density at radius 1 is 1.20 bits per heavy atom. The van der Waals surface area contributed by atoms with Gasteiger partial charge in [-0.2, -0.15) is 4.72 Å². The standard InChI is InChI=1S/C22H34N6O6S/c1-14(2)11-35(32,33)26-16(21(31)34-22(3,4)5)10-28-13-25-17-18(23-12-24-19(17)28)27-8-6-15(7-9-27)20(29)30/h12-16,26H,6-11H2,1-5H3,(H,29,30). The van der Waals surface area contributed by atoms with Gasteiger partial charge in [0.25, 0.3) is 0 Å². The number of piperidine rings is 1. The Morgan fingerprint density at radius 2 is 1.86 bits per heavy atom.